The molecule has 17 heavy (non-hydrogen) atoms. The van der Waals surface area contributed by atoms with E-state index in [1.165, 1.54) is 0 Å². The number of rotatable bonds is 3. The monoisotopic (exact) mass is 331 g/mol. The van der Waals surface area contributed by atoms with E-state index in [0.29, 0.717) is 22.1 Å². The number of aldehydes is 1. The molecule has 0 N–H and O–H groups in total. The van der Waals surface area contributed by atoms with Gasteiger partial charge in [-0.05, 0) is 30.7 Å². The number of aromatic nitrogens is 1. The quantitative estimate of drug-likeness (QED) is 0.778. The molecule has 0 bridgehead atoms. The van der Waals surface area contributed by atoms with Crippen LogP contribution in [0.5, 0.6) is 10.9 Å². The summed E-state index contributed by atoms with van der Waals surface area (Å²) in [7, 11) is 0. The zero-order chi connectivity index (χ0) is 12.4. The Hall–Kier alpha value is -0.910. The number of hydrogen-bond donors (Lipinski definition) is 0. The van der Waals surface area contributed by atoms with Gasteiger partial charge in [-0.2, -0.15) is 4.98 Å². The zero-order valence-corrected chi connectivity index (χ0v) is 11.9. The van der Waals surface area contributed by atoms with Crippen LogP contribution < -0.4 is 4.74 Å². The van der Waals surface area contributed by atoms with E-state index >= 15 is 0 Å². The van der Waals surface area contributed by atoms with Crippen molar-refractivity contribution >= 4 is 45.2 Å². The van der Waals surface area contributed by atoms with Crippen LogP contribution in [0.25, 0.3) is 0 Å². The third kappa shape index (κ3) is 2.86. The number of nitrogens with zero attached hydrogens (tertiary/aromatic N) is 1. The molecular weight excluding hydrogens is 326 g/mol. The first-order valence-electron chi connectivity index (χ1n) is 4.65. The highest BCUT2D eigenvalue weighted by Gasteiger charge is 2.10. The Morgan fingerprint density at radius 2 is 2.29 bits per heavy atom. The van der Waals surface area contributed by atoms with Gasteiger partial charge < -0.3 is 4.74 Å². The molecule has 0 saturated heterocycles. The van der Waals surface area contributed by atoms with Crippen molar-refractivity contribution < 1.29 is 9.53 Å². The molecule has 1 aromatic heterocycles. The third-order valence-electron chi connectivity index (χ3n) is 2.03. The summed E-state index contributed by atoms with van der Waals surface area (Å²) in [5, 5.41) is 0.535. The van der Waals surface area contributed by atoms with Crippen LogP contribution in [0.15, 0.2) is 22.7 Å². The number of benzene rings is 1. The van der Waals surface area contributed by atoms with Crippen LogP contribution in [0.3, 0.4) is 0 Å². The molecule has 0 aliphatic heterocycles. The number of carbonyl (C=O) groups is 1. The van der Waals surface area contributed by atoms with Crippen LogP contribution in [0, 0.1) is 6.92 Å². The molecule has 0 atom stereocenters. The molecule has 1 heterocycles. The Balaban J connectivity index is 2.25. The number of halogens is 2. The number of thiazole rings is 1. The number of carbonyl (C=O) groups excluding carboxylic acids is 1. The van der Waals surface area contributed by atoms with Crippen molar-refractivity contribution in [1.82, 2.24) is 4.98 Å². The highest BCUT2D eigenvalue weighted by atomic mass is 79.9. The lowest BCUT2D eigenvalue weighted by Gasteiger charge is -2.03. The van der Waals surface area contributed by atoms with Crippen molar-refractivity contribution in [3.05, 3.63) is 38.3 Å². The first-order chi connectivity index (χ1) is 8.10. The molecule has 88 valence electrons. The van der Waals surface area contributed by atoms with Crippen molar-refractivity contribution in [2.45, 2.75) is 6.92 Å². The highest BCUT2D eigenvalue weighted by Crippen LogP contribution is 2.32. The van der Waals surface area contributed by atoms with Gasteiger partial charge >= 0.3 is 0 Å². The highest BCUT2D eigenvalue weighted by molar-refractivity contribution is 9.10. The van der Waals surface area contributed by atoms with Gasteiger partial charge in [-0.1, -0.05) is 38.9 Å². The summed E-state index contributed by atoms with van der Waals surface area (Å²) < 4.78 is 6.53. The van der Waals surface area contributed by atoms with Crippen LogP contribution >= 0.6 is 38.9 Å². The van der Waals surface area contributed by atoms with Crippen molar-refractivity contribution in [3.8, 4) is 10.9 Å². The molecule has 0 aliphatic carbocycles. The summed E-state index contributed by atoms with van der Waals surface area (Å²) in [6.07, 6.45) is 0.666. The van der Waals surface area contributed by atoms with Gasteiger partial charge in [-0.3, -0.25) is 4.79 Å². The molecule has 0 radical (unpaired) electrons. The van der Waals surface area contributed by atoms with E-state index in [-0.39, 0.29) is 5.15 Å². The Morgan fingerprint density at radius 3 is 2.88 bits per heavy atom. The minimum atomic E-state index is 0.175. The maximum Gasteiger partial charge on any atom is 0.280 e. The van der Waals surface area contributed by atoms with E-state index in [4.69, 9.17) is 16.3 Å². The Labute approximate surface area is 116 Å². The van der Waals surface area contributed by atoms with Crippen molar-refractivity contribution in [2.75, 3.05) is 0 Å². The molecule has 0 amide bonds. The lowest BCUT2D eigenvalue weighted by atomic mass is 10.2. The largest absolute Gasteiger partial charge is 0.431 e. The van der Waals surface area contributed by atoms with Gasteiger partial charge in [-0.15, -0.1) is 0 Å². The fourth-order valence-corrected chi connectivity index (χ4v) is 2.37. The molecule has 0 fully saturated rings. The van der Waals surface area contributed by atoms with Crippen LogP contribution in [0.2, 0.25) is 5.15 Å². The van der Waals surface area contributed by atoms with Crippen LogP contribution in [0.1, 0.15) is 15.2 Å². The van der Waals surface area contributed by atoms with E-state index in [9.17, 15) is 4.79 Å². The third-order valence-corrected chi connectivity index (χ3v) is 4.18. The molecular formula is C11H7BrClNO2S. The van der Waals surface area contributed by atoms with Gasteiger partial charge in [-0.25, -0.2) is 0 Å². The summed E-state index contributed by atoms with van der Waals surface area (Å²) in [6.45, 7) is 1.96. The summed E-state index contributed by atoms with van der Waals surface area (Å²) in [6, 6.07) is 5.58. The molecule has 0 unspecified atom stereocenters. The SMILES string of the molecule is Cc1cc(Oc2nc(Cl)c(C=O)s2)ccc1Br. The second-order valence-corrected chi connectivity index (χ2v) is 5.47. The average Bonchev–Trinajstić information content (AvgIpc) is 2.64. The maximum atomic E-state index is 10.6. The van der Waals surface area contributed by atoms with Crippen LogP contribution in [0.4, 0.5) is 0 Å². The van der Waals surface area contributed by atoms with Crippen molar-refractivity contribution in [2.24, 2.45) is 0 Å². The molecule has 0 saturated carbocycles. The van der Waals surface area contributed by atoms with Gasteiger partial charge in [0.1, 0.15) is 10.6 Å². The normalized spacial score (nSPS) is 10.3. The van der Waals surface area contributed by atoms with Gasteiger partial charge in [0, 0.05) is 4.47 Å². The molecule has 0 spiro atoms. The standard InChI is InChI=1S/C11H7BrClNO2S/c1-6-4-7(2-3-8(6)12)16-11-14-10(13)9(5-15)17-11/h2-5H,1H3. The lowest BCUT2D eigenvalue weighted by molar-refractivity contribution is 0.112. The molecule has 3 nitrogen and oxygen atoms in total. The first kappa shape index (κ1) is 12.5. The second kappa shape index (κ2) is 5.16. The van der Waals surface area contributed by atoms with Crippen LogP contribution in [-0.2, 0) is 0 Å². The lowest BCUT2D eigenvalue weighted by Crippen LogP contribution is -1.84. The predicted octanol–water partition coefficient (Wildman–Crippen LogP) is 4.47. The number of aryl methyl sites for hydroxylation is 1. The van der Waals surface area contributed by atoms with Crippen LogP contribution in [-0.4, -0.2) is 11.3 Å². The van der Waals surface area contributed by atoms with E-state index in [2.05, 4.69) is 20.9 Å². The van der Waals surface area contributed by atoms with Gasteiger partial charge in [0.05, 0.1) is 0 Å². The zero-order valence-electron chi connectivity index (χ0n) is 8.74. The Kier molecular flexibility index (Phi) is 3.81. The molecule has 2 aromatic rings. The van der Waals surface area contributed by atoms with Crippen molar-refractivity contribution in [3.63, 3.8) is 0 Å². The van der Waals surface area contributed by atoms with Crippen molar-refractivity contribution in [1.29, 1.82) is 0 Å². The number of ether oxygens (including phenoxy) is 1. The van der Waals surface area contributed by atoms with E-state index < -0.39 is 0 Å². The minimum absolute atomic E-state index is 0.175. The Bertz CT molecular complexity index is 571. The average molecular weight is 333 g/mol. The maximum absolute atomic E-state index is 10.6. The summed E-state index contributed by atoms with van der Waals surface area (Å²) >= 11 is 10.3. The van der Waals surface area contributed by atoms with E-state index in [1.807, 2.05) is 25.1 Å². The number of hydrogen-bond acceptors (Lipinski definition) is 4. The topological polar surface area (TPSA) is 39.2 Å². The molecule has 0 aliphatic rings. The molecule has 6 heteroatoms. The molecule has 1 aromatic carbocycles. The van der Waals surface area contributed by atoms with E-state index in [1.54, 1.807) is 0 Å². The van der Waals surface area contributed by atoms with Gasteiger partial charge in [0.25, 0.3) is 5.19 Å². The summed E-state index contributed by atoms with van der Waals surface area (Å²) in [4.78, 5) is 14.9. The second-order valence-electron chi connectivity index (χ2n) is 3.27. The predicted molar refractivity (Wildman–Crippen MR) is 71.5 cm³/mol. The fraction of sp³-hybridized carbons (Fsp3) is 0.0909. The van der Waals surface area contributed by atoms with E-state index in [0.717, 1.165) is 21.4 Å². The Morgan fingerprint density at radius 1 is 1.53 bits per heavy atom. The van der Waals surface area contributed by atoms with Gasteiger partial charge in [0.15, 0.2) is 11.4 Å². The fourth-order valence-electron chi connectivity index (χ4n) is 1.19. The summed E-state index contributed by atoms with van der Waals surface area (Å²) in [5.74, 6) is 0.661. The molecule has 2 rings (SSSR count). The minimum Gasteiger partial charge on any atom is -0.431 e. The smallest absolute Gasteiger partial charge is 0.280 e. The first-order valence-corrected chi connectivity index (χ1v) is 6.64. The van der Waals surface area contributed by atoms with Gasteiger partial charge in [0.2, 0.25) is 0 Å². The summed E-state index contributed by atoms with van der Waals surface area (Å²) in [5.41, 5.74) is 1.06.